The van der Waals surface area contributed by atoms with Gasteiger partial charge in [0.15, 0.2) is 0 Å². The van der Waals surface area contributed by atoms with Gasteiger partial charge in [-0.2, -0.15) is 0 Å². The minimum atomic E-state index is -1.06. The Morgan fingerprint density at radius 2 is 2.00 bits per heavy atom. The number of nitrogen functional groups attached to an aromatic ring is 1. The molecule has 0 aliphatic rings. The van der Waals surface area contributed by atoms with Crippen LogP contribution in [0.25, 0.3) is 0 Å². The number of nitrogens with two attached hydrogens (primary N) is 1. The number of hydrogen-bond acceptors (Lipinski definition) is 2. The third-order valence-corrected chi connectivity index (χ3v) is 4.08. The minimum absolute atomic E-state index is 0.183. The lowest BCUT2D eigenvalue weighted by molar-refractivity contribution is 0.400. The molecule has 90 valence electrons. The molecule has 0 aliphatic carbocycles. The zero-order valence-corrected chi connectivity index (χ0v) is 11.5. The fourth-order valence-electron chi connectivity index (χ4n) is 1.20. The lowest BCUT2D eigenvalue weighted by Gasteiger charge is -2.17. The van der Waals surface area contributed by atoms with Crippen molar-refractivity contribution < 1.29 is 4.21 Å². The summed E-state index contributed by atoms with van der Waals surface area (Å²) in [6, 6.07) is 5.11. The molecule has 0 fully saturated rings. The van der Waals surface area contributed by atoms with Crippen LogP contribution in [0, 0.1) is 5.41 Å². The summed E-state index contributed by atoms with van der Waals surface area (Å²) in [5.41, 5.74) is 6.44. The van der Waals surface area contributed by atoms with Gasteiger partial charge in [0.1, 0.15) is 0 Å². The monoisotopic (exact) mass is 259 g/mol. The van der Waals surface area contributed by atoms with Crippen LogP contribution < -0.4 is 5.73 Å². The Balaban J connectivity index is 2.77. The molecule has 0 bridgehead atoms. The fourth-order valence-corrected chi connectivity index (χ4v) is 3.15. The van der Waals surface area contributed by atoms with E-state index in [1.54, 1.807) is 18.2 Å². The van der Waals surface area contributed by atoms with Crippen molar-refractivity contribution in [1.29, 1.82) is 0 Å². The van der Waals surface area contributed by atoms with Crippen LogP contribution in [0.2, 0.25) is 5.02 Å². The van der Waals surface area contributed by atoms with E-state index in [-0.39, 0.29) is 5.41 Å². The van der Waals surface area contributed by atoms with E-state index in [1.165, 1.54) is 0 Å². The van der Waals surface area contributed by atoms with E-state index in [0.717, 1.165) is 6.42 Å². The summed E-state index contributed by atoms with van der Waals surface area (Å²) in [6.07, 6.45) is 0.894. The molecule has 0 radical (unpaired) electrons. The van der Waals surface area contributed by atoms with Gasteiger partial charge in [-0.25, -0.2) is 0 Å². The average molecular weight is 260 g/mol. The molecule has 0 spiro atoms. The van der Waals surface area contributed by atoms with E-state index >= 15 is 0 Å². The van der Waals surface area contributed by atoms with Crippen LogP contribution in [-0.2, 0) is 10.8 Å². The van der Waals surface area contributed by atoms with E-state index in [9.17, 15) is 4.21 Å². The molecule has 0 amide bonds. The van der Waals surface area contributed by atoms with Gasteiger partial charge in [-0.15, -0.1) is 0 Å². The highest BCUT2D eigenvalue weighted by molar-refractivity contribution is 7.85. The first-order valence-electron chi connectivity index (χ1n) is 5.23. The van der Waals surface area contributed by atoms with Gasteiger partial charge in [-0.1, -0.05) is 32.4 Å². The summed E-state index contributed by atoms with van der Waals surface area (Å²) in [6.45, 7) is 6.39. The molecule has 4 heteroatoms. The van der Waals surface area contributed by atoms with Gasteiger partial charge in [-0.3, -0.25) is 4.21 Å². The molecule has 1 atom stereocenters. The van der Waals surface area contributed by atoms with Crippen molar-refractivity contribution in [1.82, 2.24) is 0 Å². The number of halogens is 1. The molecule has 0 aromatic heterocycles. The van der Waals surface area contributed by atoms with E-state index in [4.69, 9.17) is 17.3 Å². The second-order valence-corrected chi connectivity index (χ2v) is 7.00. The molecular formula is C12H18ClNOS. The molecular weight excluding hydrogens is 242 g/mol. The average Bonchev–Trinajstić information content (AvgIpc) is 2.17. The van der Waals surface area contributed by atoms with Gasteiger partial charge in [-0.05, 0) is 30.0 Å². The molecule has 0 aliphatic heterocycles. The van der Waals surface area contributed by atoms with Crippen LogP contribution in [0.3, 0.4) is 0 Å². The minimum Gasteiger partial charge on any atom is -0.399 e. The first kappa shape index (κ1) is 13.5. The van der Waals surface area contributed by atoms with E-state index in [2.05, 4.69) is 20.8 Å². The maximum Gasteiger partial charge on any atom is 0.0594 e. The third-order valence-electron chi connectivity index (χ3n) is 2.24. The summed E-state index contributed by atoms with van der Waals surface area (Å²) < 4.78 is 12.0. The lowest BCUT2D eigenvalue weighted by Crippen LogP contribution is -2.11. The highest BCUT2D eigenvalue weighted by Gasteiger charge is 2.15. The lowest BCUT2D eigenvalue weighted by atomic mass is 9.94. The Kier molecular flexibility index (Phi) is 4.39. The topological polar surface area (TPSA) is 43.1 Å². The smallest absolute Gasteiger partial charge is 0.0594 e. The van der Waals surface area contributed by atoms with Gasteiger partial charge in [0, 0.05) is 11.4 Å². The van der Waals surface area contributed by atoms with Crippen molar-refractivity contribution in [2.75, 3.05) is 11.5 Å². The van der Waals surface area contributed by atoms with Crippen molar-refractivity contribution in [3.05, 3.63) is 23.2 Å². The predicted octanol–water partition coefficient (Wildman–Crippen LogP) is 3.47. The molecule has 1 aromatic carbocycles. The molecule has 0 saturated heterocycles. The molecule has 1 unspecified atom stereocenters. The fraction of sp³-hybridized carbons (Fsp3) is 0.500. The summed E-state index contributed by atoms with van der Waals surface area (Å²) in [5.74, 6) is 0.618. The Morgan fingerprint density at radius 1 is 1.38 bits per heavy atom. The van der Waals surface area contributed by atoms with Gasteiger partial charge < -0.3 is 5.73 Å². The third kappa shape index (κ3) is 4.14. The van der Waals surface area contributed by atoms with Crippen LogP contribution in [0.1, 0.15) is 27.2 Å². The van der Waals surface area contributed by atoms with Crippen molar-refractivity contribution in [2.45, 2.75) is 32.1 Å². The van der Waals surface area contributed by atoms with Gasteiger partial charge in [0.25, 0.3) is 0 Å². The van der Waals surface area contributed by atoms with Crippen LogP contribution >= 0.6 is 11.6 Å². The van der Waals surface area contributed by atoms with E-state index < -0.39 is 10.8 Å². The quantitative estimate of drug-likeness (QED) is 0.845. The predicted molar refractivity (Wildman–Crippen MR) is 71.2 cm³/mol. The molecule has 0 heterocycles. The van der Waals surface area contributed by atoms with Crippen LogP contribution in [-0.4, -0.2) is 9.96 Å². The van der Waals surface area contributed by atoms with E-state index in [0.29, 0.717) is 21.4 Å². The molecule has 1 aromatic rings. The molecule has 1 rings (SSSR count). The van der Waals surface area contributed by atoms with Crippen molar-refractivity contribution in [3.8, 4) is 0 Å². The van der Waals surface area contributed by atoms with Gasteiger partial charge in [0.2, 0.25) is 0 Å². The maximum absolute atomic E-state index is 12.0. The van der Waals surface area contributed by atoms with Crippen LogP contribution in [0.15, 0.2) is 23.1 Å². The Labute approximate surface area is 105 Å². The Morgan fingerprint density at radius 3 is 2.56 bits per heavy atom. The number of anilines is 1. The molecule has 16 heavy (non-hydrogen) atoms. The first-order chi connectivity index (χ1) is 7.29. The summed E-state index contributed by atoms with van der Waals surface area (Å²) >= 11 is 5.99. The van der Waals surface area contributed by atoms with Crippen molar-refractivity contribution in [2.24, 2.45) is 5.41 Å². The highest BCUT2D eigenvalue weighted by Crippen LogP contribution is 2.25. The zero-order chi connectivity index (χ0) is 12.3. The van der Waals surface area contributed by atoms with Crippen molar-refractivity contribution in [3.63, 3.8) is 0 Å². The highest BCUT2D eigenvalue weighted by atomic mass is 35.5. The zero-order valence-electron chi connectivity index (χ0n) is 9.92. The maximum atomic E-state index is 12.0. The van der Waals surface area contributed by atoms with Gasteiger partial charge in [0.05, 0.1) is 20.7 Å². The largest absolute Gasteiger partial charge is 0.399 e. The normalized spacial score (nSPS) is 13.8. The van der Waals surface area contributed by atoms with E-state index in [1.807, 2.05) is 0 Å². The number of hydrogen-bond donors (Lipinski definition) is 1. The Hall–Kier alpha value is -0.540. The summed E-state index contributed by atoms with van der Waals surface area (Å²) in [7, 11) is -1.06. The van der Waals surface area contributed by atoms with Crippen LogP contribution in [0.5, 0.6) is 0 Å². The van der Waals surface area contributed by atoms with Crippen LogP contribution in [0.4, 0.5) is 5.69 Å². The van der Waals surface area contributed by atoms with Gasteiger partial charge >= 0.3 is 0 Å². The molecule has 0 saturated carbocycles. The summed E-state index contributed by atoms with van der Waals surface area (Å²) in [5, 5.41) is 0.529. The summed E-state index contributed by atoms with van der Waals surface area (Å²) in [4.78, 5) is 0.644. The number of benzene rings is 1. The second kappa shape index (κ2) is 5.19. The molecule has 2 nitrogen and oxygen atoms in total. The second-order valence-electron chi connectivity index (χ2n) is 5.05. The first-order valence-corrected chi connectivity index (χ1v) is 6.93. The SMILES string of the molecule is CC(C)(C)CCS(=O)c1cc(N)ccc1Cl. The standard InChI is InChI=1S/C12H18ClNOS/c1-12(2,3)6-7-16(15)11-8-9(14)4-5-10(11)13/h4-5,8H,6-7,14H2,1-3H3. The van der Waals surface area contributed by atoms with Crippen molar-refractivity contribution >= 4 is 28.1 Å². The number of rotatable bonds is 3. The Bertz CT molecular complexity index is 398. The molecule has 2 N–H and O–H groups in total.